The summed E-state index contributed by atoms with van der Waals surface area (Å²) in [4.78, 5) is 40.1. The summed E-state index contributed by atoms with van der Waals surface area (Å²) in [7, 11) is 1.84. The van der Waals surface area contributed by atoms with Crippen molar-refractivity contribution in [2.45, 2.75) is 43.5 Å². The molecule has 2 fully saturated rings. The predicted molar refractivity (Wildman–Crippen MR) is 120 cm³/mol. The van der Waals surface area contributed by atoms with E-state index in [2.05, 4.69) is 0 Å². The second-order valence-electron chi connectivity index (χ2n) is 8.70. The molecule has 35 heavy (non-hydrogen) atoms. The SMILES string of the molecule is CN(Cc1ccc(F)cc1)C1CCN(c2ccc(C(N)=O)cc2)C2(C1)OC(=O)C(O)C(O)C(=O)O2. The van der Waals surface area contributed by atoms with Crippen molar-refractivity contribution < 1.29 is 38.5 Å². The summed E-state index contributed by atoms with van der Waals surface area (Å²) >= 11 is 0. The number of anilines is 1. The van der Waals surface area contributed by atoms with Crippen molar-refractivity contribution in [3.63, 3.8) is 0 Å². The molecule has 2 aromatic carbocycles. The van der Waals surface area contributed by atoms with Crippen molar-refractivity contribution in [1.82, 2.24) is 4.90 Å². The third-order valence-electron chi connectivity index (χ3n) is 6.33. The molecule has 0 radical (unpaired) electrons. The van der Waals surface area contributed by atoms with E-state index in [-0.39, 0.29) is 30.4 Å². The Morgan fingerprint density at radius 2 is 1.66 bits per heavy atom. The lowest BCUT2D eigenvalue weighted by atomic mass is 9.97. The smallest absolute Gasteiger partial charge is 0.344 e. The highest BCUT2D eigenvalue weighted by molar-refractivity contribution is 5.93. The van der Waals surface area contributed by atoms with E-state index in [0.29, 0.717) is 18.7 Å². The van der Waals surface area contributed by atoms with Gasteiger partial charge < -0.3 is 30.3 Å². The Hall–Kier alpha value is -3.54. The summed E-state index contributed by atoms with van der Waals surface area (Å²) in [5, 5.41) is 20.0. The zero-order chi connectivity index (χ0) is 25.3. The second-order valence-corrected chi connectivity index (χ2v) is 8.70. The fraction of sp³-hybridized carbons (Fsp3) is 0.375. The lowest BCUT2D eigenvalue weighted by molar-refractivity contribution is -0.236. The number of hydrogen-bond donors (Lipinski definition) is 3. The van der Waals surface area contributed by atoms with Gasteiger partial charge in [-0.2, -0.15) is 0 Å². The molecule has 0 bridgehead atoms. The first-order valence-corrected chi connectivity index (χ1v) is 11.0. The minimum absolute atomic E-state index is 0.000808. The maximum absolute atomic E-state index is 13.3. The van der Waals surface area contributed by atoms with Crippen LogP contribution in [0.2, 0.25) is 0 Å². The highest BCUT2D eigenvalue weighted by Crippen LogP contribution is 2.39. The molecule has 0 saturated carbocycles. The number of hydrogen-bond acceptors (Lipinski definition) is 9. The summed E-state index contributed by atoms with van der Waals surface area (Å²) in [6.07, 6.45) is -3.63. The van der Waals surface area contributed by atoms with Crippen LogP contribution in [0.1, 0.15) is 28.8 Å². The Bertz CT molecular complexity index is 1090. The molecule has 11 heteroatoms. The first-order valence-electron chi connectivity index (χ1n) is 11.0. The fourth-order valence-electron chi connectivity index (χ4n) is 4.38. The zero-order valence-electron chi connectivity index (χ0n) is 19.0. The molecule has 2 aliphatic rings. The summed E-state index contributed by atoms with van der Waals surface area (Å²) in [5.74, 6) is -5.33. The number of benzene rings is 2. The number of halogens is 1. The third kappa shape index (κ3) is 4.97. The number of primary amides is 1. The van der Waals surface area contributed by atoms with E-state index in [4.69, 9.17) is 15.2 Å². The average molecular weight is 487 g/mol. The van der Waals surface area contributed by atoms with Crippen LogP contribution in [-0.4, -0.2) is 70.7 Å². The van der Waals surface area contributed by atoms with Crippen LogP contribution in [0, 0.1) is 5.82 Å². The number of aliphatic hydroxyl groups is 2. The van der Waals surface area contributed by atoms with Crippen molar-refractivity contribution >= 4 is 23.5 Å². The van der Waals surface area contributed by atoms with E-state index >= 15 is 0 Å². The van der Waals surface area contributed by atoms with E-state index < -0.39 is 36.0 Å². The number of carbonyl (C=O) groups is 3. The normalized spacial score (nSPS) is 26.9. The molecule has 2 heterocycles. The van der Waals surface area contributed by atoms with Crippen molar-refractivity contribution in [2.75, 3.05) is 18.5 Å². The highest BCUT2D eigenvalue weighted by atomic mass is 19.1. The monoisotopic (exact) mass is 487 g/mol. The molecule has 186 valence electrons. The van der Waals surface area contributed by atoms with Crippen LogP contribution in [0.4, 0.5) is 10.1 Å². The quantitative estimate of drug-likeness (QED) is 0.514. The maximum atomic E-state index is 13.3. The van der Waals surface area contributed by atoms with Crippen molar-refractivity contribution in [3.05, 3.63) is 65.5 Å². The molecule has 1 amide bonds. The molecule has 1 spiro atoms. The molecular formula is C24H26FN3O7. The number of aliphatic hydroxyl groups excluding tert-OH is 2. The van der Waals surface area contributed by atoms with Gasteiger partial charge in [0.1, 0.15) is 5.82 Å². The minimum atomic E-state index is -2.10. The van der Waals surface area contributed by atoms with Gasteiger partial charge in [0.15, 0.2) is 12.2 Å². The summed E-state index contributed by atoms with van der Waals surface area (Å²) in [6.45, 7) is 0.711. The van der Waals surface area contributed by atoms with Gasteiger partial charge in [-0.05, 0) is 55.4 Å². The summed E-state index contributed by atoms with van der Waals surface area (Å²) in [6, 6.07) is 11.9. The standard InChI is InChI=1S/C24H26FN3O7/c1-27(13-14-2-6-16(25)7-3-14)18-10-11-28(17-8-4-15(5-9-17)21(26)31)24(12-18)34-22(32)19(29)20(30)23(33)35-24/h2-9,18-20,29-30H,10-13H2,1H3,(H2,26,31). The Morgan fingerprint density at radius 1 is 1.09 bits per heavy atom. The molecule has 2 aliphatic heterocycles. The molecule has 2 aromatic rings. The van der Waals surface area contributed by atoms with E-state index in [1.807, 2.05) is 11.9 Å². The Kier molecular flexibility index (Phi) is 6.75. The largest absolute Gasteiger partial charge is 0.401 e. The number of nitrogens with zero attached hydrogens (tertiary/aromatic N) is 2. The van der Waals surface area contributed by atoms with Gasteiger partial charge >= 0.3 is 17.8 Å². The molecule has 3 unspecified atom stereocenters. The molecular weight excluding hydrogens is 461 g/mol. The lowest BCUT2D eigenvalue weighted by Crippen LogP contribution is -2.62. The van der Waals surface area contributed by atoms with Crippen molar-refractivity contribution in [3.8, 4) is 0 Å². The van der Waals surface area contributed by atoms with Crippen LogP contribution >= 0.6 is 0 Å². The number of carbonyl (C=O) groups excluding carboxylic acids is 3. The molecule has 0 aliphatic carbocycles. The first kappa shape index (κ1) is 24.6. The Morgan fingerprint density at radius 3 is 2.20 bits per heavy atom. The lowest BCUT2D eigenvalue weighted by Gasteiger charge is -2.48. The topological polar surface area (TPSA) is 143 Å². The van der Waals surface area contributed by atoms with Crippen molar-refractivity contribution in [1.29, 1.82) is 0 Å². The molecule has 4 N–H and O–H groups in total. The van der Waals surface area contributed by atoms with Crippen LogP contribution in [0.5, 0.6) is 0 Å². The van der Waals surface area contributed by atoms with Gasteiger partial charge in [-0.1, -0.05) is 12.1 Å². The number of rotatable bonds is 5. The van der Waals surface area contributed by atoms with Gasteiger partial charge in [0, 0.05) is 30.4 Å². The number of esters is 2. The van der Waals surface area contributed by atoms with E-state index in [1.165, 1.54) is 24.3 Å². The van der Waals surface area contributed by atoms with Gasteiger partial charge in [0.25, 0.3) is 0 Å². The van der Waals surface area contributed by atoms with Gasteiger partial charge in [-0.3, -0.25) is 9.69 Å². The molecule has 4 rings (SSSR count). The minimum Gasteiger partial charge on any atom is -0.401 e. The van der Waals surface area contributed by atoms with Crippen LogP contribution in [-0.2, 0) is 25.6 Å². The van der Waals surface area contributed by atoms with Crippen LogP contribution in [0.15, 0.2) is 48.5 Å². The Labute approximate surface area is 200 Å². The van der Waals surface area contributed by atoms with E-state index in [9.17, 15) is 29.0 Å². The van der Waals surface area contributed by atoms with Gasteiger partial charge in [0.05, 0.1) is 6.42 Å². The van der Waals surface area contributed by atoms with E-state index in [1.54, 1.807) is 29.2 Å². The molecule has 0 aromatic heterocycles. The first-order chi connectivity index (χ1) is 16.6. The van der Waals surface area contributed by atoms with Crippen LogP contribution < -0.4 is 10.6 Å². The molecule has 10 nitrogen and oxygen atoms in total. The van der Waals surface area contributed by atoms with Gasteiger partial charge in [-0.15, -0.1) is 0 Å². The van der Waals surface area contributed by atoms with Gasteiger partial charge in [0.2, 0.25) is 5.91 Å². The number of piperidine rings is 1. The number of amides is 1. The average Bonchev–Trinajstić information content (AvgIpc) is 2.91. The van der Waals surface area contributed by atoms with Crippen LogP contribution in [0.25, 0.3) is 0 Å². The molecule has 2 saturated heterocycles. The Balaban J connectivity index is 1.66. The van der Waals surface area contributed by atoms with E-state index in [0.717, 1.165) is 5.56 Å². The fourth-order valence-corrected chi connectivity index (χ4v) is 4.38. The van der Waals surface area contributed by atoms with Crippen LogP contribution in [0.3, 0.4) is 0 Å². The van der Waals surface area contributed by atoms with Gasteiger partial charge in [-0.25, -0.2) is 14.0 Å². The molecule has 3 atom stereocenters. The maximum Gasteiger partial charge on any atom is 0.344 e. The van der Waals surface area contributed by atoms with Crippen molar-refractivity contribution in [2.24, 2.45) is 5.73 Å². The second kappa shape index (κ2) is 9.61. The number of nitrogens with two attached hydrogens (primary N) is 1. The summed E-state index contributed by atoms with van der Waals surface area (Å²) < 4.78 is 24.4. The number of ether oxygens (including phenoxy) is 2. The highest BCUT2D eigenvalue weighted by Gasteiger charge is 2.55. The summed E-state index contributed by atoms with van der Waals surface area (Å²) in [5.41, 5.74) is 6.91. The zero-order valence-corrected chi connectivity index (χ0v) is 19.0. The predicted octanol–water partition coefficient (Wildman–Crippen LogP) is 0.501. The third-order valence-corrected chi connectivity index (χ3v) is 6.33.